The van der Waals surface area contributed by atoms with Crippen LogP contribution in [0.25, 0.3) is 0 Å². The van der Waals surface area contributed by atoms with E-state index in [4.69, 9.17) is 16.9 Å². The predicted octanol–water partition coefficient (Wildman–Crippen LogP) is 0.443. The van der Waals surface area contributed by atoms with E-state index in [-0.39, 0.29) is 11.9 Å². The maximum absolute atomic E-state index is 6.70. The van der Waals surface area contributed by atoms with Gasteiger partial charge in [0.1, 0.15) is 0 Å². The molecular weight excluding hydrogens is 190 g/mol. The van der Waals surface area contributed by atoms with Gasteiger partial charge in [-0.25, -0.2) is 0 Å². The van der Waals surface area contributed by atoms with E-state index in [9.17, 15) is 0 Å². The number of hydrogen-bond donors (Lipinski definition) is 3. The van der Waals surface area contributed by atoms with Crippen molar-refractivity contribution in [2.24, 2.45) is 16.5 Å². The third-order valence-electron chi connectivity index (χ3n) is 1.36. The molecule has 1 aromatic carbocycles. The second-order valence-electron chi connectivity index (χ2n) is 2.90. The number of nitrogens with two attached hydrogens (primary N) is 2. The summed E-state index contributed by atoms with van der Waals surface area (Å²) in [6.45, 7) is 0. The fourth-order valence-electron chi connectivity index (χ4n) is 0.608. The van der Waals surface area contributed by atoms with E-state index in [2.05, 4.69) is 4.99 Å². The third kappa shape index (κ3) is 8.29. The molecule has 0 saturated heterocycles. The molecule has 5 N–H and O–H groups in total. The first-order valence-electron chi connectivity index (χ1n) is 4.39. The van der Waals surface area contributed by atoms with Crippen LogP contribution in [0.1, 0.15) is 0 Å². The molecule has 0 aliphatic rings. The van der Waals surface area contributed by atoms with Gasteiger partial charge in [0.2, 0.25) is 5.96 Å². The summed E-state index contributed by atoms with van der Waals surface area (Å²) in [6.07, 6.45) is 0. The Morgan fingerprint density at radius 2 is 1.33 bits per heavy atom. The van der Waals surface area contributed by atoms with Gasteiger partial charge < -0.3 is 16.4 Å². The zero-order valence-corrected chi connectivity index (χ0v) is 9.01. The lowest BCUT2D eigenvalue weighted by Gasteiger charge is -2.08. The topological polar surface area (TPSA) is 91.5 Å². The normalized spacial score (nSPS) is 9.87. The smallest absolute Gasteiger partial charge is 0.215 e. The van der Waals surface area contributed by atoms with Gasteiger partial charge >= 0.3 is 0 Å². The molecule has 1 rings (SSSR count). The average molecular weight is 207 g/mol. The molecule has 0 spiro atoms. The lowest BCUT2D eigenvalue weighted by molar-refractivity contribution is 0.615. The molecular formula is C10H17N5. The highest BCUT2D eigenvalue weighted by atomic mass is 15.2. The van der Waals surface area contributed by atoms with Crippen molar-refractivity contribution in [2.45, 2.75) is 0 Å². The third-order valence-corrected chi connectivity index (χ3v) is 1.36. The van der Waals surface area contributed by atoms with Crippen LogP contribution >= 0.6 is 0 Å². The zero-order chi connectivity index (χ0) is 11.7. The minimum absolute atomic E-state index is 0.238. The van der Waals surface area contributed by atoms with Crippen LogP contribution in [0, 0.1) is 5.41 Å². The summed E-state index contributed by atoms with van der Waals surface area (Å²) in [4.78, 5) is 5.03. The Labute approximate surface area is 89.9 Å². The highest BCUT2D eigenvalue weighted by molar-refractivity contribution is 5.91. The van der Waals surface area contributed by atoms with E-state index >= 15 is 0 Å². The van der Waals surface area contributed by atoms with Gasteiger partial charge in [0.25, 0.3) is 0 Å². The summed E-state index contributed by atoms with van der Waals surface area (Å²) >= 11 is 0. The van der Waals surface area contributed by atoms with Gasteiger partial charge in [-0.3, -0.25) is 5.41 Å². The Bertz CT molecular complexity index is 278. The van der Waals surface area contributed by atoms with Gasteiger partial charge in [-0.1, -0.05) is 36.4 Å². The number of hydrogen-bond acceptors (Lipinski definition) is 1. The summed E-state index contributed by atoms with van der Waals surface area (Å²) in [5, 5.41) is 6.70. The lowest BCUT2D eigenvalue weighted by atomic mass is 10.4. The zero-order valence-electron chi connectivity index (χ0n) is 9.01. The number of nitrogens with one attached hydrogen (secondary N) is 1. The molecule has 5 nitrogen and oxygen atoms in total. The minimum Gasteiger partial charge on any atom is -0.369 e. The monoisotopic (exact) mass is 207 g/mol. The Morgan fingerprint density at radius 3 is 1.47 bits per heavy atom. The van der Waals surface area contributed by atoms with E-state index in [0.717, 1.165) is 0 Å². The van der Waals surface area contributed by atoms with Gasteiger partial charge in [0.15, 0.2) is 5.96 Å². The largest absolute Gasteiger partial charge is 0.369 e. The van der Waals surface area contributed by atoms with Crippen LogP contribution in [-0.2, 0) is 0 Å². The van der Waals surface area contributed by atoms with Gasteiger partial charge in [0.05, 0.1) is 0 Å². The van der Waals surface area contributed by atoms with Gasteiger partial charge in [-0.05, 0) is 0 Å². The van der Waals surface area contributed by atoms with Crippen molar-refractivity contribution >= 4 is 11.9 Å². The van der Waals surface area contributed by atoms with Gasteiger partial charge in [-0.15, -0.1) is 0 Å². The number of guanidine groups is 2. The fourth-order valence-corrected chi connectivity index (χ4v) is 0.608. The highest BCUT2D eigenvalue weighted by Crippen LogP contribution is 1.79. The highest BCUT2D eigenvalue weighted by Gasteiger charge is 1.92. The number of nitrogens with zero attached hydrogens (tertiary/aromatic N) is 2. The SMILES string of the molecule is CN(C)/C(N)=N/C(=N)N.c1ccccc1. The predicted molar refractivity (Wildman–Crippen MR) is 63.7 cm³/mol. The second-order valence-corrected chi connectivity index (χ2v) is 2.90. The van der Waals surface area contributed by atoms with E-state index < -0.39 is 0 Å². The Balaban J connectivity index is 0.000000280. The van der Waals surface area contributed by atoms with Crippen LogP contribution in [0.15, 0.2) is 41.4 Å². The molecule has 0 aliphatic carbocycles. The van der Waals surface area contributed by atoms with Crippen LogP contribution in [0.5, 0.6) is 0 Å². The quantitative estimate of drug-likeness (QED) is 0.426. The first-order chi connectivity index (χ1) is 7.04. The molecule has 0 aliphatic heterocycles. The maximum atomic E-state index is 6.70. The van der Waals surface area contributed by atoms with Crippen molar-refractivity contribution in [3.8, 4) is 0 Å². The molecule has 0 saturated carbocycles. The van der Waals surface area contributed by atoms with Crippen LogP contribution in [-0.4, -0.2) is 30.9 Å². The fraction of sp³-hybridized carbons (Fsp3) is 0.200. The molecule has 0 unspecified atom stereocenters. The molecule has 0 fully saturated rings. The van der Waals surface area contributed by atoms with E-state index in [0.29, 0.717) is 0 Å². The summed E-state index contributed by atoms with van der Waals surface area (Å²) in [6, 6.07) is 12.0. The Morgan fingerprint density at radius 1 is 1.00 bits per heavy atom. The Kier molecular flexibility index (Phi) is 6.37. The number of benzene rings is 1. The van der Waals surface area contributed by atoms with Crippen LogP contribution < -0.4 is 11.5 Å². The minimum atomic E-state index is -0.277. The van der Waals surface area contributed by atoms with Crippen molar-refractivity contribution in [3.63, 3.8) is 0 Å². The van der Waals surface area contributed by atoms with Gasteiger partial charge in [0, 0.05) is 14.1 Å². The van der Waals surface area contributed by atoms with Crippen LogP contribution in [0.2, 0.25) is 0 Å². The molecule has 0 amide bonds. The van der Waals surface area contributed by atoms with E-state index in [1.807, 2.05) is 36.4 Å². The molecule has 0 atom stereocenters. The summed E-state index contributed by atoms with van der Waals surface area (Å²) in [5.41, 5.74) is 10.2. The van der Waals surface area contributed by atoms with E-state index in [1.54, 1.807) is 19.0 Å². The Hall–Kier alpha value is -2.04. The van der Waals surface area contributed by atoms with Crippen molar-refractivity contribution in [3.05, 3.63) is 36.4 Å². The summed E-state index contributed by atoms with van der Waals surface area (Å²) in [5.74, 6) is -0.0382. The summed E-state index contributed by atoms with van der Waals surface area (Å²) in [7, 11) is 3.45. The first kappa shape index (κ1) is 13.0. The molecule has 0 aromatic heterocycles. The molecule has 0 radical (unpaired) electrons. The number of aliphatic imine (C=N–C) groups is 1. The van der Waals surface area contributed by atoms with E-state index in [1.165, 1.54) is 0 Å². The van der Waals surface area contributed by atoms with Crippen molar-refractivity contribution in [2.75, 3.05) is 14.1 Å². The molecule has 5 heteroatoms. The molecule has 82 valence electrons. The number of rotatable bonds is 0. The second kappa shape index (κ2) is 7.37. The first-order valence-corrected chi connectivity index (χ1v) is 4.39. The molecule has 1 aromatic rings. The summed E-state index contributed by atoms with van der Waals surface area (Å²) < 4.78 is 0. The average Bonchev–Trinajstić information content (AvgIpc) is 2.20. The van der Waals surface area contributed by atoms with Crippen molar-refractivity contribution < 1.29 is 0 Å². The van der Waals surface area contributed by atoms with Crippen LogP contribution in [0.4, 0.5) is 0 Å². The molecule has 0 bridgehead atoms. The molecule has 0 heterocycles. The maximum Gasteiger partial charge on any atom is 0.215 e. The van der Waals surface area contributed by atoms with Gasteiger partial charge in [-0.2, -0.15) is 4.99 Å². The van der Waals surface area contributed by atoms with Crippen molar-refractivity contribution in [1.82, 2.24) is 4.90 Å². The standard InChI is InChI=1S/C6H6.C4H11N5/c1-2-4-6-5-3-1;1-9(2)4(7)8-3(5)6/h1-6H;1-2H3,(H5,5,6,7,8). The van der Waals surface area contributed by atoms with Crippen LogP contribution in [0.3, 0.4) is 0 Å². The van der Waals surface area contributed by atoms with Crippen molar-refractivity contribution in [1.29, 1.82) is 5.41 Å². The molecule has 15 heavy (non-hydrogen) atoms. The lowest BCUT2D eigenvalue weighted by Crippen LogP contribution is -2.32.